The Morgan fingerprint density at radius 2 is 2.50 bits per heavy atom. The van der Waals surface area contributed by atoms with Crippen LogP contribution in [0.3, 0.4) is 0 Å². The summed E-state index contributed by atoms with van der Waals surface area (Å²) < 4.78 is 0. The maximum Gasteiger partial charge on any atom is 0.245 e. The van der Waals surface area contributed by atoms with Gasteiger partial charge in [-0.3, -0.25) is 4.79 Å². The molecule has 1 rings (SSSR count). The maximum absolute atomic E-state index is 11.1. The van der Waals surface area contributed by atoms with Crippen molar-refractivity contribution < 1.29 is 4.79 Å². The highest BCUT2D eigenvalue weighted by Gasteiger charge is 2.26. The molecule has 68 valence electrons. The van der Waals surface area contributed by atoms with Crippen molar-refractivity contribution in [1.82, 2.24) is 4.90 Å². The van der Waals surface area contributed by atoms with Gasteiger partial charge in [0.1, 0.15) is 0 Å². The summed E-state index contributed by atoms with van der Waals surface area (Å²) in [6.45, 7) is 7.07. The van der Waals surface area contributed by atoms with Crippen LogP contribution in [0, 0.1) is 5.92 Å². The van der Waals surface area contributed by atoms with Gasteiger partial charge in [0.25, 0.3) is 0 Å². The highest BCUT2D eigenvalue weighted by Crippen LogP contribution is 2.18. The van der Waals surface area contributed by atoms with Gasteiger partial charge in [-0.15, -0.1) is 0 Å². The van der Waals surface area contributed by atoms with E-state index in [-0.39, 0.29) is 11.9 Å². The summed E-state index contributed by atoms with van der Waals surface area (Å²) in [6.07, 6.45) is 2.39. The van der Waals surface area contributed by atoms with Crippen molar-refractivity contribution in [1.29, 1.82) is 0 Å². The van der Waals surface area contributed by atoms with Gasteiger partial charge in [-0.1, -0.05) is 6.58 Å². The first-order valence-electron chi connectivity index (χ1n) is 4.32. The summed E-state index contributed by atoms with van der Waals surface area (Å²) in [5.41, 5.74) is 5.74. The smallest absolute Gasteiger partial charge is 0.245 e. The van der Waals surface area contributed by atoms with E-state index in [1.54, 1.807) is 4.90 Å². The van der Waals surface area contributed by atoms with Crippen LogP contribution in [0.2, 0.25) is 0 Å². The van der Waals surface area contributed by atoms with Gasteiger partial charge in [0, 0.05) is 19.1 Å². The zero-order valence-corrected chi connectivity index (χ0v) is 7.49. The minimum atomic E-state index is 0.0261. The average Bonchev–Trinajstić information content (AvgIpc) is 2.51. The lowest BCUT2D eigenvalue weighted by Gasteiger charge is -2.16. The summed E-state index contributed by atoms with van der Waals surface area (Å²) in [6, 6.07) is 0.188. The standard InChI is InChI=1S/C9H16N2O/c1-3-9(12)11-5-4-8(6-11)7(2)10/h3,7-8H,1,4-6,10H2,2H3. The molecular weight excluding hydrogens is 152 g/mol. The minimum Gasteiger partial charge on any atom is -0.339 e. The summed E-state index contributed by atoms with van der Waals surface area (Å²) in [4.78, 5) is 13.0. The van der Waals surface area contributed by atoms with Gasteiger partial charge >= 0.3 is 0 Å². The molecule has 3 nitrogen and oxygen atoms in total. The predicted octanol–water partition coefficient (Wildman–Crippen LogP) is 0.368. The van der Waals surface area contributed by atoms with E-state index in [1.165, 1.54) is 6.08 Å². The molecule has 12 heavy (non-hydrogen) atoms. The van der Waals surface area contributed by atoms with Crippen LogP contribution in [0.25, 0.3) is 0 Å². The number of nitrogens with zero attached hydrogens (tertiary/aromatic N) is 1. The van der Waals surface area contributed by atoms with E-state index in [2.05, 4.69) is 6.58 Å². The molecule has 0 aromatic carbocycles. The van der Waals surface area contributed by atoms with E-state index in [9.17, 15) is 4.79 Å². The molecule has 2 N–H and O–H groups in total. The number of nitrogens with two attached hydrogens (primary N) is 1. The number of rotatable bonds is 2. The van der Waals surface area contributed by atoms with Crippen molar-refractivity contribution in [2.45, 2.75) is 19.4 Å². The third kappa shape index (κ3) is 1.85. The maximum atomic E-state index is 11.1. The summed E-state index contributed by atoms with van der Waals surface area (Å²) >= 11 is 0. The third-order valence-electron chi connectivity index (χ3n) is 2.45. The molecule has 1 amide bonds. The van der Waals surface area contributed by atoms with Gasteiger partial charge in [-0.25, -0.2) is 0 Å². The lowest BCUT2D eigenvalue weighted by molar-refractivity contribution is -0.125. The van der Waals surface area contributed by atoms with E-state index in [0.29, 0.717) is 5.92 Å². The number of carbonyl (C=O) groups excluding carboxylic acids is 1. The quantitative estimate of drug-likeness (QED) is 0.605. The fourth-order valence-electron chi connectivity index (χ4n) is 1.55. The van der Waals surface area contributed by atoms with Crippen molar-refractivity contribution in [3.05, 3.63) is 12.7 Å². The summed E-state index contributed by atoms with van der Waals surface area (Å²) in [5, 5.41) is 0. The van der Waals surface area contributed by atoms with Crippen LogP contribution >= 0.6 is 0 Å². The van der Waals surface area contributed by atoms with Crippen LogP contribution in [0.1, 0.15) is 13.3 Å². The molecular formula is C9H16N2O. The van der Waals surface area contributed by atoms with Gasteiger partial charge in [0.05, 0.1) is 0 Å². The molecule has 0 aromatic heterocycles. The molecule has 0 aliphatic carbocycles. The van der Waals surface area contributed by atoms with Crippen molar-refractivity contribution in [2.75, 3.05) is 13.1 Å². The normalized spacial score (nSPS) is 25.5. The van der Waals surface area contributed by atoms with E-state index >= 15 is 0 Å². The Kier molecular flexibility index (Phi) is 2.87. The molecule has 0 aromatic rings. The molecule has 2 unspecified atom stereocenters. The van der Waals surface area contributed by atoms with Crippen LogP contribution in [-0.2, 0) is 4.79 Å². The van der Waals surface area contributed by atoms with Gasteiger partial charge in [0.2, 0.25) is 5.91 Å². The van der Waals surface area contributed by atoms with Crippen molar-refractivity contribution in [3.63, 3.8) is 0 Å². The highest BCUT2D eigenvalue weighted by atomic mass is 16.2. The molecule has 0 saturated carbocycles. The minimum absolute atomic E-state index is 0.0261. The van der Waals surface area contributed by atoms with E-state index in [0.717, 1.165) is 19.5 Å². The molecule has 1 heterocycles. The van der Waals surface area contributed by atoms with Gasteiger partial charge in [-0.05, 0) is 25.3 Å². The lowest BCUT2D eigenvalue weighted by atomic mass is 10.0. The van der Waals surface area contributed by atoms with Crippen LogP contribution < -0.4 is 5.73 Å². The Hall–Kier alpha value is -0.830. The Morgan fingerprint density at radius 1 is 1.83 bits per heavy atom. The topological polar surface area (TPSA) is 46.3 Å². The Labute approximate surface area is 73.2 Å². The second kappa shape index (κ2) is 3.72. The van der Waals surface area contributed by atoms with Crippen LogP contribution in [0.15, 0.2) is 12.7 Å². The zero-order chi connectivity index (χ0) is 9.14. The highest BCUT2D eigenvalue weighted by molar-refractivity contribution is 5.87. The molecule has 1 aliphatic rings. The Bertz CT molecular complexity index is 189. The fraction of sp³-hybridized carbons (Fsp3) is 0.667. The van der Waals surface area contributed by atoms with E-state index in [1.807, 2.05) is 6.92 Å². The molecule has 2 atom stereocenters. The molecule has 3 heteroatoms. The SMILES string of the molecule is C=CC(=O)N1CCC(C(C)N)C1. The summed E-state index contributed by atoms with van der Waals surface area (Å²) in [7, 11) is 0. The summed E-state index contributed by atoms with van der Waals surface area (Å²) in [5.74, 6) is 0.493. The molecule has 1 saturated heterocycles. The van der Waals surface area contributed by atoms with Gasteiger partial charge in [0.15, 0.2) is 0 Å². The Balaban J connectivity index is 2.45. The van der Waals surface area contributed by atoms with Crippen LogP contribution in [-0.4, -0.2) is 29.9 Å². The van der Waals surface area contributed by atoms with Crippen molar-refractivity contribution >= 4 is 5.91 Å². The van der Waals surface area contributed by atoms with Crippen molar-refractivity contribution in [2.24, 2.45) is 11.7 Å². The first-order chi connectivity index (χ1) is 5.65. The first-order valence-corrected chi connectivity index (χ1v) is 4.32. The average molecular weight is 168 g/mol. The Morgan fingerprint density at radius 3 is 2.92 bits per heavy atom. The van der Waals surface area contributed by atoms with Crippen LogP contribution in [0.4, 0.5) is 0 Å². The molecule has 0 radical (unpaired) electrons. The van der Waals surface area contributed by atoms with E-state index < -0.39 is 0 Å². The molecule has 0 bridgehead atoms. The second-order valence-electron chi connectivity index (χ2n) is 3.40. The second-order valence-corrected chi connectivity index (χ2v) is 3.40. The molecule has 1 aliphatic heterocycles. The largest absolute Gasteiger partial charge is 0.339 e. The van der Waals surface area contributed by atoms with Crippen molar-refractivity contribution in [3.8, 4) is 0 Å². The first kappa shape index (κ1) is 9.26. The number of hydrogen-bond donors (Lipinski definition) is 1. The number of likely N-dealkylation sites (tertiary alicyclic amines) is 1. The predicted molar refractivity (Wildman–Crippen MR) is 48.5 cm³/mol. The number of carbonyl (C=O) groups is 1. The monoisotopic (exact) mass is 168 g/mol. The molecule has 0 spiro atoms. The number of amides is 1. The zero-order valence-electron chi connectivity index (χ0n) is 7.49. The number of hydrogen-bond acceptors (Lipinski definition) is 2. The third-order valence-corrected chi connectivity index (χ3v) is 2.45. The van der Waals surface area contributed by atoms with E-state index in [4.69, 9.17) is 5.73 Å². The fourth-order valence-corrected chi connectivity index (χ4v) is 1.55. The van der Waals surface area contributed by atoms with Gasteiger partial charge in [-0.2, -0.15) is 0 Å². The molecule has 1 fully saturated rings. The van der Waals surface area contributed by atoms with Gasteiger partial charge < -0.3 is 10.6 Å². The van der Waals surface area contributed by atoms with Crippen LogP contribution in [0.5, 0.6) is 0 Å². The lowest BCUT2D eigenvalue weighted by Crippen LogP contribution is -2.32.